The van der Waals surface area contributed by atoms with Gasteiger partial charge in [0.2, 0.25) is 5.71 Å². The lowest BCUT2D eigenvalue weighted by Crippen LogP contribution is -1.87. The lowest BCUT2D eigenvalue weighted by atomic mass is 10.2. The maximum Gasteiger partial charge on any atom is 0.234 e. The minimum atomic E-state index is 0.549. The average Bonchev–Trinajstić information content (AvgIpc) is 3.11. The molecule has 0 fully saturated rings. The van der Waals surface area contributed by atoms with Crippen LogP contribution in [0.5, 0.6) is 0 Å². The molecule has 0 atom stereocenters. The molecule has 22 heavy (non-hydrogen) atoms. The van der Waals surface area contributed by atoms with E-state index in [0.29, 0.717) is 17.1 Å². The van der Waals surface area contributed by atoms with Crippen molar-refractivity contribution in [1.29, 1.82) is 0 Å². The zero-order valence-electron chi connectivity index (χ0n) is 11.5. The van der Waals surface area contributed by atoms with E-state index in [4.69, 9.17) is 8.83 Å². The van der Waals surface area contributed by atoms with Crippen LogP contribution in [0, 0.1) is 0 Å². The van der Waals surface area contributed by atoms with Crippen LogP contribution >= 0.6 is 0 Å². The largest absolute Gasteiger partial charge is 0.452 e. The van der Waals surface area contributed by atoms with Crippen molar-refractivity contribution in [2.24, 2.45) is 0 Å². The molecule has 0 bridgehead atoms. The maximum atomic E-state index is 5.92. The Bertz CT molecular complexity index is 1120. The van der Waals surface area contributed by atoms with Gasteiger partial charge in [-0.05, 0) is 12.1 Å². The van der Waals surface area contributed by atoms with Gasteiger partial charge in [-0.2, -0.15) is 4.98 Å². The van der Waals surface area contributed by atoms with Gasteiger partial charge in [0.05, 0.1) is 5.39 Å². The maximum absolute atomic E-state index is 5.92. The summed E-state index contributed by atoms with van der Waals surface area (Å²) in [5, 5.41) is 1.75. The van der Waals surface area contributed by atoms with Gasteiger partial charge in [0.25, 0.3) is 0 Å². The Balaban J connectivity index is 1.82. The molecule has 0 aliphatic heterocycles. The molecule has 0 amide bonds. The fraction of sp³-hybridized carbons (Fsp3) is 0. The molecule has 5 aromatic rings. The topological polar surface area (TPSA) is 52.1 Å². The van der Waals surface area contributed by atoms with Gasteiger partial charge >= 0.3 is 0 Å². The number of aromatic nitrogens is 2. The van der Waals surface area contributed by atoms with Gasteiger partial charge in [0.1, 0.15) is 11.0 Å². The van der Waals surface area contributed by atoms with Crippen molar-refractivity contribution >= 4 is 33.2 Å². The average molecular weight is 286 g/mol. The molecular weight excluding hydrogens is 276 g/mol. The minimum absolute atomic E-state index is 0.549. The molecule has 2 aromatic carbocycles. The first kappa shape index (κ1) is 11.5. The molecule has 0 saturated heterocycles. The summed E-state index contributed by atoms with van der Waals surface area (Å²) in [6, 6.07) is 17.7. The smallest absolute Gasteiger partial charge is 0.234 e. The van der Waals surface area contributed by atoms with E-state index >= 15 is 0 Å². The van der Waals surface area contributed by atoms with Crippen LogP contribution < -0.4 is 0 Å². The Kier molecular flexibility index (Phi) is 2.19. The zero-order valence-corrected chi connectivity index (χ0v) is 11.5. The normalized spacial score (nSPS) is 11.6. The van der Waals surface area contributed by atoms with Crippen molar-refractivity contribution in [3.05, 3.63) is 60.8 Å². The van der Waals surface area contributed by atoms with Crippen molar-refractivity contribution in [3.8, 4) is 11.4 Å². The predicted octanol–water partition coefficient (Wildman–Crippen LogP) is 4.79. The number of hydrogen-bond acceptors (Lipinski definition) is 4. The van der Waals surface area contributed by atoms with E-state index in [9.17, 15) is 0 Å². The Morgan fingerprint density at radius 1 is 0.727 bits per heavy atom. The number of para-hydroxylation sites is 1. The number of benzene rings is 2. The van der Waals surface area contributed by atoms with E-state index in [1.807, 2.05) is 54.6 Å². The van der Waals surface area contributed by atoms with Crippen LogP contribution in [-0.4, -0.2) is 9.97 Å². The fourth-order valence-electron chi connectivity index (χ4n) is 2.72. The summed E-state index contributed by atoms with van der Waals surface area (Å²) in [7, 11) is 0. The Labute approximate surface area is 125 Å². The third kappa shape index (κ3) is 1.52. The lowest BCUT2D eigenvalue weighted by molar-refractivity contribution is 0.645. The second kappa shape index (κ2) is 4.18. The molecule has 3 heterocycles. The van der Waals surface area contributed by atoms with Crippen molar-refractivity contribution < 1.29 is 8.83 Å². The van der Waals surface area contributed by atoms with E-state index in [-0.39, 0.29) is 0 Å². The van der Waals surface area contributed by atoms with Crippen molar-refractivity contribution in [2.75, 3.05) is 0 Å². The highest BCUT2D eigenvalue weighted by Crippen LogP contribution is 2.35. The number of furan rings is 2. The van der Waals surface area contributed by atoms with Gasteiger partial charge in [-0.1, -0.05) is 42.5 Å². The van der Waals surface area contributed by atoms with Crippen molar-refractivity contribution in [2.45, 2.75) is 0 Å². The molecule has 0 spiro atoms. The van der Waals surface area contributed by atoms with E-state index in [1.54, 1.807) is 6.20 Å². The first-order valence-electron chi connectivity index (χ1n) is 7.02. The number of nitrogens with zero attached hydrogens (tertiary/aromatic N) is 2. The summed E-state index contributed by atoms with van der Waals surface area (Å²) in [4.78, 5) is 8.96. The highest BCUT2D eigenvalue weighted by molar-refractivity contribution is 6.11. The van der Waals surface area contributed by atoms with Crippen LogP contribution in [0.4, 0.5) is 0 Å². The molecule has 104 valence electrons. The Morgan fingerprint density at radius 2 is 1.50 bits per heavy atom. The first-order chi connectivity index (χ1) is 10.9. The van der Waals surface area contributed by atoms with E-state index in [2.05, 4.69) is 9.97 Å². The standard InChI is InChI=1S/C18H10N2O2/c1-2-6-11(7-3-1)17-19-10-13-16-15(22-18(13)20-17)12-8-4-5-9-14(12)21-16/h1-10H. The van der Waals surface area contributed by atoms with Gasteiger partial charge in [0.15, 0.2) is 17.0 Å². The monoisotopic (exact) mass is 286 g/mol. The fourth-order valence-corrected chi connectivity index (χ4v) is 2.72. The Hall–Kier alpha value is -3.14. The third-order valence-corrected chi connectivity index (χ3v) is 3.78. The number of rotatable bonds is 1. The molecular formula is C18H10N2O2. The summed E-state index contributed by atoms with van der Waals surface area (Å²) in [6.07, 6.45) is 1.76. The molecule has 4 nitrogen and oxygen atoms in total. The number of fused-ring (bicyclic) bond motifs is 5. The van der Waals surface area contributed by atoms with E-state index in [0.717, 1.165) is 27.5 Å². The second-order valence-electron chi connectivity index (χ2n) is 5.14. The van der Waals surface area contributed by atoms with Crippen LogP contribution in [0.3, 0.4) is 0 Å². The quantitative estimate of drug-likeness (QED) is 0.444. The molecule has 5 rings (SSSR count). The summed E-state index contributed by atoms with van der Waals surface area (Å²) in [5.74, 6) is 0.647. The molecule has 0 radical (unpaired) electrons. The van der Waals surface area contributed by atoms with Crippen LogP contribution in [0.15, 0.2) is 69.6 Å². The third-order valence-electron chi connectivity index (χ3n) is 3.78. The van der Waals surface area contributed by atoms with E-state index < -0.39 is 0 Å². The lowest BCUT2D eigenvalue weighted by Gasteiger charge is -1.98. The van der Waals surface area contributed by atoms with E-state index in [1.165, 1.54) is 0 Å². The number of hydrogen-bond donors (Lipinski definition) is 0. The van der Waals surface area contributed by atoms with Gasteiger partial charge in [-0.25, -0.2) is 4.98 Å². The second-order valence-corrected chi connectivity index (χ2v) is 5.14. The molecule has 3 aromatic heterocycles. The van der Waals surface area contributed by atoms with Crippen LogP contribution in [0.1, 0.15) is 0 Å². The Morgan fingerprint density at radius 3 is 2.41 bits per heavy atom. The molecule has 0 aliphatic carbocycles. The van der Waals surface area contributed by atoms with Crippen LogP contribution in [0.25, 0.3) is 44.6 Å². The summed E-state index contributed by atoms with van der Waals surface area (Å²) in [5.41, 5.74) is 3.75. The van der Waals surface area contributed by atoms with Gasteiger partial charge in [0, 0.05) is 11.8 Å². The van der Waals surface area contributed by atoms with Crippen molar-refractivity contribution in [1.82, 2.24) is 9.97 Å². The highest BCUT2D eigenvalue weighted by atomic mass is 16.4. The summed E-state index contributed by atoms with van der Waals surface area (Å²) < 4.78 is 11.8. The zero-order chi connectivity index (χ0) is 14.5. The SMILES string of the molecule is c1ccc(-c2ncc3c(n2)oc2c4ccccc4oc32)cc1. The molecule has 0 saturated carbocycles. The molecule has 4 heteroatoms. The molecule has 0 aliphatic rings. The van der Waals surface area contributed by atoms with Crippen LogP contribution in [0.2, 0.25) is 0 Å². The first-order valence-corrected chi connectivity index (χ1v) is 7.02. The highest BCUT2D eigenvalue weighted by Gasteiger charge is 2.17. The minimum Gasteiger partial charge on any atom is -0.452 e. The summed E-state index contributed by atoms with van der Waals surface area (Å²) in [6.45, 7) is 0. The predicted molar refractivity (Wildman–Crippen MR) is 84.5 cm³/mol. The van der Waals surface area contributed by atoms with Gasteiger partial charge < -0.3 is 8.83 Å². The van der Waals surface area contributed by atoms with Crippen LogP contribution in [-0.2, 0) is 0 Å². The molecule has 0 unspecified atom stereocenters. The van der Waals surface area contributed by atoms with Crippen molar-refractivity contribution in [3.63, 3.8) is 0 Å². The summed E-state index contributed by atoms with van der Waals surface area (Å²) >= 11 is 0. The van der Waals surface area contributed by atoms with Gasteiger partial charge in [-0.3, -0.25) is 0 Å². The van der Waals surface area contributed by atoms with Gasteiger partial charge in [-0.15, -0.1) is 0 Å². The molecule has 0 N–H and O–H groups in total.